The van der Waals surface area contributed by atoms with E-state index in [0.717, 1.165) is 15.3 Å². The van der Waals surface area contributed by atoms with Gasteiger partial charge in [0.15, 0.2) is 11.6 Å². The number of likely N-dealkylation sites (N-methyl/N-ethyl adjacent to an activating group) is 1. The smallest absolute Gasteiger partial charge is 0.159 e. The molecule has 0 saturated carbocycles. The molecule has 1 unspecified atom stereocenters. The van der Waals surface area contributed by atoms with Gasteiger partial charge >= 0.3 is 0 Å². The van der Waals surface area contributed by atoms with Gasteiger partial charge in [0, 0.05) is 24.0 Å². The number of nitrogens with two attached hydrogens (primary N) is 1. The molecular formula is C14H15ClF2N2S. The van der Waals surface area contributed by atoms with Crippen LogP contribution in [0.1, 0.15) is 16.5 Å². The van der Waals surface area contributed by atoms with Gasteiger partial charge in [0.25, 0.3) is 0 Å². The van der Waals surface area contributed by atoms with Gasteiger partial charge in [-0.3, -0.25) is 4.90 Å². The summed E-state index contributed by atoms with van der Waals surface area (Å²) in [6.45, 7) is 0.971. The Morgan fingerprint density at radius 3 is 2.55 bits per heavy atom. The molecular weight excluding hydrogens is 302 g/mol. The highest BCUT2D eigenvalue weighted by Crippen LogP contribution is 2.26. The Morgan fingerprint density at radius 1 is 1.25 bits per heavy atom. The van der Waals surface area contributed by atoms with E-state index in [2.05, 4.69) is 0 Å². The molecule has 0 fully saturated rings. The van der Waals surface area contributed by atoms with Crippen molar-refractivity contribution in [1.29, 1.82) is 0 Å². The third kappa shape index (κ3) is 3.55. The van der Waals surface area contributed by atoms with Crippen LogP contribution in [-0.2, 0) is 6.54 Å². The second-order valence-electron chi connectivity index (χ2n) is 4.55. The molecule has 0 aliphatic rings. The van der Waals surface area contributed by atoms with Crippen LogP contribution in [-0.4, -0.2) is 18.5 Å². The zero-order chi connectivity index (χ0) is 14.7. The summed E-state index contributed by atoms with van der Waals surface area (Å²) in [4.78, 5) is 3.09. The molecule has 108 valence electrons. The number of benzene rings is 1. The number of thiophene rings is 1. The molecule has 2 rings (SSSR count). The van der Waals surface area contributed by atoms with Crippen molar-refractivity contribution in [3.63, 3.8) is 0 Å². The fraction of sp³-hybridized carbons (Fsp3) is 0.286. The molecule has 6 heteroatoms. The lowest BCUT2D eigenvalue weighted by Crippen LogP contribution is -2.30. The average Bonchev–Trinajstić information content (AvgIpc) is 2.80. The van der Waals surface area contributed by atoms with Crippen LogP contribution < -0.4 is 5.73 Å². The molecule has 0 spiro atoms. The molecule has 0 amide bonds. The van der Waals surface area contributed by atoms with E-state index in [9.17, 15) is 8.78 Å². The van der Waals surface area contributed by atoms with E-state index < -0.39 is 11.6 Å². The van der Waals surface area contributed by atoms with Crippen LogP contribution in [0, 0.1) is 11.6 Å². The lowest BCUT2D eigenvalue weighted by atomic mass is 10.1. The minimum Gasteiger partial charge on any atom is -0.329 e. The standard InChI is InChI=1S/C14H15ClF2N2S/c1-19(8-10-3-5-14(15)20-10)13(7-18)9-2-4-11(16)12(17)6-9/h2-6,13H,7-8,18H2,1H3. The minimum absolute atomic E-state index is 0.175. The molecule has 1 atom stereocenters. The van der Waals surface area contributed by atoms with Crippen molar-refractivity contribution in [2.75, 3.05) is 13.6 Å². The lowest BCUT2D eigenvalue weighted by Gasteiger charge is -2.27. The van der Waals surface area contributed by atoms with Crippen LogP contribution in [0.15, 0.2) is 30.3 Å². The molecule has 0 saturated heterocycles. The fourth-order valence-corrected chi connectivity index (χ4v) is 3.23. The zero-order valence-electron chi connectivity index (χ0n) is 10.9. The number of rotatable bonds is 5. The summed E-state index contributed by atoms with van der Waals surface area (Å²) in [5.74, 6) is -1.70. The Kier molecular flexibility index (Phi) is 5.10. The predicted molar refractivity (Wildman–Crippen MR) is 78.9 cm³/mol. The first-order valence-corrected chi connectivity index (χ1v) is 7.30. The first kappa shape index (κ1) is 15.4. The van der Waals surface area contributed by atoms with E-state index in [1.165, 1.54) is 17.4 Å². The van der Waals surface area contributed by atoms with Crippen LogP contribution in [0.2, 0.25) is 4.34 Å². The van der Waals surface area contributed by atoms with Gasteiger partial charge in [0.1, 0.15) is 0 Å². The highest BCUT2D eigenvalue weighted by Gasteiger charge is 2.18. The fourth-order valence-electron chi connectivity index (χ4n) is 2.08. The van der Waals surface area contributed by atoms with E-state index in [4.69, 9.17) is 17.3 Å². The topological polar surface area (TPSA) is 29.3 Å². The van der Waals surface area contributed by atoms with Gasteiger partial charge in [-0.2, -0.15) is 0 Å². The van der Waals surface area contributed by atoms with Crippen molar-refractivity contribution in [3.8, 4) is 0 Å². The Hall–Kier alpha value is -1.01. The van der Waals surface area contributed by atoms with Crippen molar-refractivity contribution >= 4 is 22.9 Å². The highest BCUT2D eigenvalue weighted by molar-refractivity contribution is 7.16. The molecule has 20 heavy (non-hydrogen) atoms. The highest BCUT2D eigenvalue weighted by atomic mass is 35.5. The summed E-state index contributed by atoms with van der Waals surface area (Å²) in [5.41, 5.74) is 6.44. The van der Waals surface area contributed by atoms with Gasteiger partial charge in [-0.1, -0.05) is 17.7 Å². The van der Waals surface area contributed by atoms with E-state index >= 15 is 0 Å². The summed E-state index contributed by atoms with van der Waals surface area (Å²) in [6.07, 6.45) is 0. The second kappa shape index (κ2) is 6.63. The average molecular weight is 317 g/mol. The maximum atomic E-state index is 13.3. The molecule has 2 N–H and O–H groups in total. The van der Waals surface area contributed by atoms with Crippen molar-refractivity contribution in [2.45, 2.75) is 12.6 Å². The Balaban J connectivity index is 2.16. The van der Waals surface area contributed by atoms with Gasteiger partial charge in [-0.05, 0) is 36.9 Å². The van der Waals surface area contributed by atoms with Crippen molar-refractivity contribution < 1.29 is 8.78 Å². The molecule has 0 aliphatic heterocycles. The SMILES string of the molecule is CN(Cc1ccc(Cl)s1)C(CN)c1ccc(F)c(F)c1. The second-order valence-corrected chi connectivity index (χ2v) is 6.35. The van der Waals surface area contributed by atoms with E-state index in [0.29, 0.717) is 18.7 Å². The molecule has 0 aliphatic carbocycles. The first-order chi connectivity index (χ1) is 9.51. The Labute approximate surface area is 125 Å². The van der Waals surface area contributed by atoms with Gasteiger partial charge in [0.2, 0.25) is 0 Å². The van der Waals surface area contributed by atoms with Crippen molar-refractivity contribution in [2.24, 2.45) is 5.73 Å². The summed E-state index contributed by atoms with van der Waals surface area (Å²) >= 11 is 7.39. The molecule has 1 heterocycles. The predicted octanol–water partition coefficient (Wildman–Crippen LogP) is 3.81. The first-order valence-electron chi connectivity index (χ1n) is 6.10. The molecule has 2 nitrogen and oxygen atoms in total. The van der Waals surface area contributed by atoms with Gasteiger partial charge < -0.3 is 5.73 Å². The molecule has 1 aromatic carbocycles. The van der Waals surface area contributed by atoms with E-state index in [-0.39, 0.29) is 6.04 Å². The van der Waals surface area contributed by atoms with Crippen LogP contribution >= 0.6 is 22.9 Å². The monoisotopic (exact) mass is 316 g/mol. The van der Waals surface area contributed by atoms with E-state index in [1.54, 1.807) is 6.07 Å². The Bertz CT molecular complexity index is 588. The number of hydrogen-bond acceptors (Lipinski definition) is 3. The third-order valence-electron chi connectivity index (χ3n) is 3.12. The summed E-state index contributed by atoms with van der Waals surface area (Å²) < 4.78 is 27.0. The van der Waals surface area contributed by atoms with Gasteiger partial charge in [0.05, 0.1) is 4.34 Å². The van der Waals surface area contributed by atoms with Crippen LogP contribution in [0.5, 0.6) is 0 Å². The van der Waals surface area contributed by atoms with Crippen molar-refractivity contribution in [1.82, 2.24) is 4.90 Å². The van der Waals surface area contributed by atoms with Gasteiger partial charge in [-0.25, -0.2) is 8.78 Å². The maximum Gasteiger partial charge on any atom is 0.159 e. The van der Waals surface area contributed by atoms with Crippen LogP contribution in [0.3, 0.4) is 0 Å². The van der Waals surface area contributed by atoms with Gasteiger partial charge in [-0.15, -0.1) is 11.3 Å². The molecule has 2 aromatic rings. The zero-order valence-corrected chi connectivity index (χ0v) is 12.5. The Morgan fingerprint density at radius 2 is 2.00 bits per heavy atom. The quantitative estimate of drug-likeness (QED) is 0.909. The summed E-state index contributed by atoms with van der Waals surface area (Å²) in [7, 11) is 1.90. The summed E-state index contributed by atoms with van der Waals surface area (Å²) in [5, 5.41) is 0. The largest absolute Gasteiger partial charge is 0.329 e. The van der Waals surface area contributed by atoms with E-state index in [1.807, 2.05) is 24.1 Å². The third-order valence-corrected chi connectivity index (χ3v) is 4.33. The minimum atomic E-state index is -0.853. The van der Waals surface area contributed by atoms with Crippen LogP contribution in [0.25, 0.3) is 0 Å². The summed E-state index contributed by atoms with van der Waals surface area (Å²) in [6, 6.07) is 7.50. The molecule has 0 bridgehead atoms. The number of hydrogen-bond donors (Lipinski definition) is 1. The van der Waals surface area contributed by atoms with Crippen molar-refractivity contribution in [3.05, 3.63) is 56.7 Å². The normalized spacial score (nSPS) is 12.9. The lowest BCUT2D eigenvalue weighted by molar-refractivity contribution is 0.243. The molecule has 1 aromatic heterocycles. The maximum absolute atomic E-state index is 13.3. The van der Waals surface area contributed by atoms with Crippen LogP contribution in [0.4, 0.5) is 8.78 Å². The molecule has 0 radical (unpaired) electrons. The number of halogens is 3. The number of nitrogens with zero attached hydrogens (tertiary/aromatic N) is 1.